The van der Waals surface area contributed by atoms with Crippen LogP contribution in [0.25, 0.3) is 0 Å². The van der Waals surface area contributed by atoms with Crippen LogP contribution in [-0.4, -0.2) is 23.2 Å². The predicted octanol–water partition coefficient (Wildman–Crippen LogP) is 3.21. The maximum atomic E-state index is 11.7. The molecule has 4 nitrogen and oxygen atoms in total. The fourth-order valence-corrected chi connectivity index (χ4v) is 2.15. The second kappa shape index (κ2) is 8.88. The van der Waals surface area contributed by atoms with Crippen molar-refractivity contribution < 1.29 is 9.53 Å². The average molecular weight is 294 g/mol. The fourth-order valence-electron chi connectivity index (χ4n) is 2.15. The van der Waals surface area contributed by atoms with E-state index >= 15 is 0 Å². The smallest absolute Gasteiger partial charge is 0.310 e. The normalized spacial score (nSPS) is 14.2. The van der Waals surface area contributed by atoms with Crippen LogP contribution in [0.4, 0.5) is 0 Å². The van der Waals surface area contributed by atoms with Gasteiger partial charge in [-0.3, -0.25) is 4.79 Å². The van der Waals surface area contributed by atoms with Crippen LogP contribution in [0.3, 0.4) is 0 Å². The van der Waals surface area contributed by atoms with Crippen LogP contribution in [0.1, 0.15) is 46.7 Å². The van der Waals surface area contributed by atoms with Crippen LogP contribution >= 0.6 is 0 Å². The Morgan fingerprint density at radius 2 is 2.05 bits per heavy atom. The summed E-state index contributed by atoms with van der Waals surface area (Å²) in [5.74, 6) is 0.438. The molecule has 1 rings (SSSR count). The van der Waals surface area contributed by atoms with Crippen molar-refractivity contribution in [1.29, 1.82) is 0 Å². The minimum Gasteiger partial charge on any atom is -0.466 e. The lowest BCUT2D eigenvalue weighted by atomic mass is 10.0. The topological polar surface area (TPSA) is 43.3 Å². The molecule has 1 N–H and O–H groups in total. The summed E-state index contributed by atoms with van der Waals surface area (Å²) in [7, 11) is 0. The first-order chi connectivity index (χ1) is 9.95. The quantitative estimate of drug-likeness (QED) is 0.711. The Balaban J connectivity index is 2.47. The zero-order valence-electron chi connectivity index (χ0n) is 14.1. The van der Waals surface area contributed by atoms with Crippen LogP contribution in [-0.2, 0) is 22.6 Å². The third kappa shape index (κ3) is 5.92. The molecular formula is C17H30N2O2. The first-order valence-electron chi connectivity index (χ1n) is 7.99. The number of rotatable bonds is 9. The maximum Gasteiger partial charge on any atom is 0.310 e. The van der Waals surface area contributed by atoms with Gasteiger partial charge >= 0.3 is 5.97 Å². The van der Waals surface area contributed by atoms with Gasteiger partial charge < -0.3 is 14.6 Å². The van der Waals surface area contributed by atoms with Gasteiger partial charge in [0.25, 0.3) is 0 Å². The van der Waals surface area contributed by atoms with Gasteiger partial charge in [-0.2, -0.15) is 0 Å². The molecule has 4 heteroatoms. The lowest BCUT2D eigenvalue weighted by Crippen LogP contribution is -2.37. The van der Waals surface area contributed by atoms with Crippen LogP contribution < -0.4 is 5.32 Å². The molecule has 21 heavy (non-hydrogen) atoms. The number of nitrogens with zero attached hydrogens (tertiary/aromatic N) is 1. The number of hydrogen-bond acceptors (Lipinski definition) is 3. The molecule has 2 atom stereocenters. The Hall–Kier alpha value is -1.29. The van der Waals surface area contributed by atoms with Crippen molar-refractivity contribution in [3.8, 4) is 0 Å². The highest BCUT2D eigenvalue weighted by Crippen LogP contribution is 2.10. The number of carbonyl (C=O) groups is 1. The summed E-state index contributed by atoms with van der Waals surface area (Å²) in [6, 6.07) is 4.31. The van der Waals surface area contributed by atoms with Gasteiger partial charge in [-0.25, -0.2) is 0 Å². The number of carbonyl (C=O) groups excluding carboxylic acids is 1. The molecule has 0 saturated heterocycles. The lowest BCUT2D eigenvalue weighted by molar-refractivity contribution is -0.148. The van der Waals surface area contributed by atoms with Crippen molar-refractivity contribution in [1.82, 2.24) is 9.88 Å². The number of aromatic nitrogens is 1. The largest absolute Gasteiger partial charge is 0.466 e. The number of ether oxygens (including phenoxy) is 1. The van der Waals surface area contributed by atoms with Gasteiger partial charge in [-0.1, -0.05) is 20.8 Å². The standard InChI is InChI=1S/C17H30N2O2/c1-6-21-17(20)14(4)15(5)18-12-16-8-7-10-19(16)11-9-13(2)3/h7-8,10,13-15,18H,6,9,11-12H2,1-5H3/t14-,15-/m0/s1. The molecule has 0 amide bonds. The Morgan fingerprint density at radius 3 is 2.67 bits per heavy atom. The Bertz CT molecular complexity index is 426. The van der Waals surface area contributed by atoms with Crippen molar-refractivity contribution in [2.75, 3.05) is 6.61 Å². The molecule has 120 valence electrons. The van der Waals surface area contributed by atoms with Gasteiger partial charge in [-0.15, -0.1) is 0 Å². The van der Waals surface area contributed by atoms with E-state index in [-0.39, 0.29) is 17.9 Å². The maximum absolute atomic E-state index is 11.7. The molecule has 0 bridgehead atoms. The number of nitrogens with one attached hydrogen (secondary N) is 1. The second-order valence-electron chi connectivity index (χ2n) is 6.09. The number of hydrogen-bond donors (Lipinski definition) is 1. The van der Waals surface area contributed by atoms with E-state index in [9.17, 15) is 4.79 Å². The minimum absolute atomic E-state index is 0.0949. The Kier molecular flexibility index (Phi) is 7.51. The van der Waals surface area contributed by atoms with Gasteiger partial charge in [0, 0.05) is 31.0 Å². The summed E-state index contributed by atoms with van der Waals surface area (Å²) < 4.78 is 7.35. The van der Waals surface area contributed by atoms with Crippen LogP contribution in [0, 0.1) is 11.8 Å². The summed E-state index contributed by atoms with van der Waals surface area (Å²) in [4.78, 5) is 11.7. The molecule has 0 radical (unpaired) electrons. The van der Waals surface area contributed by atoms with E-state index in [1.165, 1.54) is 12.1 Å². The van der Waals surface area contributed by atoms with E-state index in [0.717, 1.165) is 13.1 Å². The van der Waals surface area contributed by atoms with E-state index < -0.39 is 0 Å². The van der Waals surface area contributed by atoms with Crippen LogP contribution in [0.2, 0.25) is 0 Å². The van der Waals surface area contributed by atoms with Crippen LogP contribution in [0.5, 0.6) is 0 Å². The highest BCUT2D eigenvalue weighted by Gasteiger charge is 2.21. The van der Waals surface area contributed by atoms with E-state index in [2.05, 4.69) is 42.1 Å². The van der Waals surface area contributed by atoms with Crippen LogP contribution in [0.15, 0.2) is 18.3 Å². The SMILES string of the molecule is CCOC(=O)[C@@H](C)[C@H](C)NCc1cccn1CCC(C)C. The van der Waals surface area contributed by atoms with E-state index in [4.69, 9.17) is 4.74 Å². The van der Waals surface area contributed by atoms with Crippen molar-refractivity contribution in [3.63, 3.8) is 0 Å². The van der Waals surface area contributed by atoms with Crippen molar-refractivity contribution in [3.05, 3.63) is 24.0 Å². The summed E-state index contributed by atoms with van der Waals surface area (Å²) >= 11 is 0. The average Bonchev–Trinajstić information content (AvgIpc) is 2.89. The lowest BCUT2D eigenvalue weighted by Gasteiger charge is -2.20. The summed E-state index contributed by atoms with van der Waals surface area (Å²) in [6.45, 7) is 12.5. The number of aryl methyl sites for hydroxylation is 1. The molecule has 0 aliphatic carbocycles. The van der Waals surface area contributed by atoms with Gasteiger partial charge in [0.15, 0.2) is 0 Å². The Labute approximate surface area is 128 Å². The molecule has 0 aromatic carbocycles. The van der Waals surface area contributed by atoms with Crippen molar-refractivity contribution >= 4 is 5.97 Å². The minimum atomic E-state index is -0.135. The molecule has 0 spiro atoms. The molecule has 0 aliphatic rings. The number of esters is 1. The van der Waals surface area contributed by atoms with Gasteiger partial charge in [0.05, 0.1) is 12.5 Å². The molecule has 0 fully saturated rings. The third-order valence-electron chi connectivity index (χ3n) is 3.88. The van der Waals surface area contributed by atoms with Gasteiger partial charge in [0.2, 0.25) is 0 Å². The first kappa shape index (κ1) is 17.8. The monoisotopic (exact) mass is 294 g/mol. The zero-order valence-corrected chi connectivity index (χ0v) is 14.1. The summed E-state index contributed by atoms with van der Waals surface area (Å²) in [5.41, 5.74) is 1.26. The molecular weight excluding hydrogens is 264 g/mol. The molecule has 0 aliphatic heterocycles. The van der Waals surface area contributed by atoms with E-state index in [1.807, 2.05) is 20.8 Å². The fraction of sp³-hybridized carbons (Fsp3) is 0.706. The van der Waals surface area contributed by atoms with Gasteiger partial charge in [0.1, 0.15) is 0 Å². The van der Waals surface area contributed by atoms with E-state index in [0.29, 0.717) is 12.5 Å². The van der Waals surface area contributed by atoms with Crippen molar-refractivity contribution in [2.24, 2.45) is 11.8 Å². The molecule has 0 unspecified atom stereocenters. The summed E-state index contributed by atoms with van der Waals surface area (Å²) in [6.07, 6.45) is 3.30. The summed E-state index contributed by atoms with van der Waals surface area (Å²) in [5, 5.41) is 3.43. The molecule has 1 heterocycles. The molecule has 1 aromatic rings. The van der Waals surface area contributed by atoms with Gasteiger partial charge in [-0.05, 0) is 38.3 Å². The zero-order chi connectivity index (χ0) is 15.8. The van der Waals surface area contributed by atoms with E-state index in [1.54, 1.807) is 0 Å². The van der Waals surface area contributed by atoms with Crippen molar-refractivity contribution in [2.45, 2.75) is 60.2 Å². The molecule has 1 aromatic heterocycles. The molecule has 0 saturated carbocycles. The first-order valence-corrected chi connectivity index (χ1v) is 7.99. The second-order valence-corrected chi connectivity index (χ2v) is 6.09. The highest BCUT2D eigenvalue weighted by atomic mass is 16.5. The predicted molar refractivity (Wildman–Crippen MR) is 86.0 cm³/mol. The third-order valence-corrected chi connectivity index (χ3v) is 3.88. The Morgan fingerprint density at radius 1 is 1.33 bits per heavy atom. The highest BCUT2D eigenvalue weighted by molar-refractivity contribution is 5.72.